The normalized spacial score (nSPS) is 16.2. The number of imidazole rings is 1. The van der Waals surface area contributed by atoms with Crippen LogP contribution in [0.15, 0.2) is 42.9 Å². The predicted molar refractivity (Wildman–Crippen MR) is 141 cm³/mol. The molecule has 0 unspecified atom stereocenters. The Bertz CT molecular complexity index is 1570. The number of rotatable bonds is 7. The van der Waals surface area contributed by atoms with Gasteiger partial charge in [-0.1, -0.05) is 24.3 Å². The Morgan fingerprint density at radius 3 is 2.55 bits per heavy atom. The van der Waals surface area contributed by atoms with Crippen LogP contribution in [0.5, 0.6) is 5.88 Å². The van der Waals surface area contributed by atoms with E-state index in [1.165, 1.54) is 10.9 Å². The molecule has 0 bridgehead atoms. The number of halogens is 3. The Morgan fingerprint density at radius 1 is 1.15 bits per heavy atom. The van der Waals surface area contributed by atoms with Gasteiger partial charge in [0.2, 0.25) is 11.8 Å². The quantitative estimate of drug-likeness (QED) is 0.296. The summed E-state index contributed by atoms with van der Waals surface area (Å²) in [5, 5.41) is 4.82. The van der Waals surface area contributed by atoms with Crippen molar-refractivity contribution in [3.8, 4) is 28.5 Å². The predicted octanol–water partition coefficient (Wildman–Crippen LogP) is 5.63. The fourth-order valence-corrected chi connectivity index (χ4v) is 5.28. The minimum Gasteiger partial charge on any atom is -0.480 e. The van der Waals surface area contributed by atoms with Gasteiger partial charge >= 0.3 is 6.18 Å². The monoisotopic (exact) mass is 551 g/mol. The summed E-state index contributed by atoms with van der Waals surface area (Å²) < 4.78 is 48.6. The van der Waals surface area contributed by atoms with Crippen molar-refractivity contribution in [3.05, 3.63) is 59.8 Å². The number of nitrogens with zero attached hydrogens (tertiary/aromatic N) is 7. The Morgan fingerprint density at radius 2 is 1.90 bits per heavy atom. The van der Waals surface area contributed by atoms with Gasteiger partial charge in [-0.2, -0.15) is 18.3 Å². The summed E-state index contributed by atoms with van der Waals surface area (Å²) in [4.78, 5) is 27.6. The van der Waals surface area contributed by atoms with E-state index >= 15 is 0 Å². The summed E-state index contributed by atoms with van der Waals surface area (Å²) in [5.41, 5.74) is 2.79. The van der Waals surface area contributed by atoms with Crippen molar-refractivity contribution in [2.24, 2.45) is 0 Å². The Kier molecular flexibility index (Phi) is 6.35. The summed E-state index contributed by atoms with van der Waals surface area (Å²) in [6.45, 7) is 4.49. The molecule has 1 atom stereocenters. The van der Waals surface area contributed by atoms with Crippen LogP contribution >= 0.6 is 0 Å². The molecule has 0 radical (unpaired) electrons. The maximum Gasteiger partial charge on any atom is 0.434 e. The second-order valence-electron chi connectivity index (χ2n) is 10.1. The van der Waals surface area contributed by atoms with E-state index in [4.69, 9.17) is 9.84 Å². The first-order chi connectivity index (χ1) is 19.2. The average Bonchev–Trinajstić information content (AvgIpc) is 3.55. The Labute approximate surface area is 228 Å². The number of aryl methyl sites for hydroxylation is 2. The number of aromatic nitrogens is 6. The van der Waals surface area contributed by atoms with E-state index in [2.05, 4.69) is 15.0 Å². The highest BCUT2D eigenvalue weighted by atomic mass is 19.4. The molecule has 9 nitrogen and oxygen atoms in total. The van der Waals surface area contributed by atoms with Crippen LogP contribution in [0.1, 0.15) is 62.0 Å². The SMILES string of the molecule is CCn1cc(C(F)(F)F)nc1-c1ccc([C@H](C)N2C(=O)CCn3nc(-c4c(OC)ncnc4C4CC4)cc32)cc1. The fourth-order valence-electron chi connectivity index (χ4n) is 5.28. The summed E-state index contributed by atoms with van der Waals surface area (Å²) in [7, 11) is 1.57. The van der Waals surface area contributed by atoms with E-state index in [0.717, 1.165) is 35.9 Å². The second kappa shape index (κ2) is 9.76. The molecular formula is C28H28F3N7O2. The van der Waals surface area contributed by atoms with Crippen LogP contribution in [0.3, 0.4) is 0 Å². The molecule has 40 heavy (non-hydrogen) atoms. The molecule has 4 aromatic rings. The summed E-state index contributed by atoms with van der Waals surface area (Å²) in [6.07, 6.45) is 0.406. The first-order valence-electron chi connectivity index (χ1n) is 13.2. The molecule has 6 rings (SSSR count). The van der Waals surface area contributed by atoms with Gasteiger partial charge in [-0.05, 0) is 32.3 Å². The van der Waals surface area contributed by atoms with Crippen molar-refractivity contribution < 1.29 is 22.7 Å². The van der Waals surface area contributed by atoms with Crippen molar-refractivity contribution in [1.82, 2.24) is 29.3 Å². The number of carbonyl (C=O) groups is 1. The zero-order chi connectivity index (χ0) is 28.2. The molecule has 0 saturated heterocycles. The molecule has 1 aromatic carbocycles. The largest absolute Gasteiger partial charge is 0.480 e. The van der Waals surface area contributed by atoms with Gasteiger partial charge in [-0.3, -0.25) is 9.69 Å². The molecule has 2 aliphatic rings. The van der Waals surface area contributed by atoms with Crippen LogP contribution < -0.4 is 9.64 Å². The molecular weight excluding hydrogens is 523 g/mol. The van der Waals surface area contributed by atoms with Gasteiger partial charge in [-0.25, -0.2) is 19.6 Å². The lowest BCUT2D eigenvalue weighted by Gasteiger charge is -2.33. The van der Waals surface area contributed by atoms with E-state index in [0.29, 0.717) is 48.4 Å². The third-order valence-electron chi connectivity index (χ3n) is 7.51. The molecule has 3 aromatic heterocycles. The maximum absolute atomic E-state index is 13.2. The third-order valence-corrected chi connectivity index (χ3v) is 7.51. The molecule has 0 N–H and O–H groups in total. The number of fused-ring (bicyclic) bond motifs is 1. The van der Waals surface area contributed by atoms with Crippen LogP contribution in [0, 0.1) is 0 Å². The number of hydrogen-bond acceptors (Lipinski definition) is 6. The first-order valence-corrected chi connectivity index (χ1v) is 13.2. The number of methoxy groups -OCH3 is 1. The zero-order valence-corrected chi connectivity index (χ0v) is 22.3. The molecule has 1 saturated carbocycles. The van der Waals surface area contributed by atoms with Crippen LogP contribution in [0.25, 0.3) is 22.6 Å². The second-order valence-corrected chi connectivity index (χ2v) is 10.1. The van der Waals surface area contributed by atoms with Gasteiger partial charge in [0.25, 0.3) is 0 Å². The van der Waals surface area contributed by atoms with Gasteiger partial charge in [0.1, 0.15) is 23.7 Å². The van der Waals surface area contributed by atoms with E-state index in [1.54, 1.807) is 31.1 Å². The van der Waals surface area contributed by atoms with Crippen LogP contribution in [0.4, 0.5) is 19.0 Å². The molecule has 208 valence electrons. The van der Waals surface area contributed by atoms with Crippen LogP contribution in [-0.4, -0.2) is 42.3 Å². The Balaban J connectivity index is 1.33. The molecule has 1 aliphatic heterocycles. The lowest BCUT2D eigenvalue weighted by molar-refractivity contribution is -0.140. The number of anilines is 1. The highest BCUT2D eigenvalue weighted by molar-refractivity contribution is 5.95. The number of carbonyl (C=O) groups excluding carboxylic acids is 1. The van der Waals surface area contributed by atoms with Gasteiger partial charge in [0.15, 0.2) is 5.69 Å². The van der Waals surface area contributed by atoms with E-state index in [9.17, 15) is 18.0 Å². The average molecular weight is 552 g/mol. The minimum absolute atomic E-state index is 0.0365. The minimum atomic E-state index is -4.52. The van der Waals surface area contributed by atoms with Crippen molar-refractivity contribution >= 4 is 11.7 Å². The van der Waals surface area contributed by atoms with E-state index < -0.39 is 11.9 Å². The maximum atomic E-state index is 13.2. The first kappa shape index (κ1) is 26.0. The third kappa shape index (κ3) is 4.50. The van der Waals surface area contributed by atoms with E-state index in [1.807, 2.05) is 29.8 Å². The highest BCUT2D eigenvalue weighted by Gasteiger charge is 2.36. The van der Waals surface area contributed by atoms with Gasteiger partial charge in [0, 0.05) is 36.7 Å². The lowest BCUT2D eigenvalue weighted by atomic mass is 10.0. The van der Waals surface area contributed by atoms with Crippen molar-refractivity contribution in [2.45, 2.75) is 64.3 Å². The fraction of sp³-hybridized carbons (Fsp3) is 0.393. The molecule has 12 heteroatoms. The molecule has 0 spiro atoms. The molecule has 4 heterocycles. The number of alkyl halides is 3. The standard InChI is InChI=1S/C28H28F3N7O2/c1-4-36-14-21(28(29,30)31)34-26(36)19-9-5-17(6-10-19)16(2)38-22-13-20(35-37(22)12-11-23(38)39)24-25(18-7-8-18)32-15-33-27(24)40-3/h5-6,9-10,13-16,18H,4,7-8,11-12H2,1-3H3/t16-/m0/s1. The van der Waals surface area contributed by atoms with E-state index in [-0.39, 0.29) is 17.8 Å². The number of amides is 1. The molecule has 1 aliphatic carbocycles. The topological polar surface area (TPSA) is 91.0 Å². The number of ether oxygens (including phenoxy) is 1. The zero-order valence-electron chi connectivity index (χ0n) is 22.3. The summed E-state index contributed by atoms with van der Waals surface area (Å²) in [5.74, 6) is 1.66. The summed E-state index contributed by atoms with van der Waals surface area (Å²) >= 11 is 0. The lowest BCUT2D eigenvalue weighted by Crippen LogP contribution is -2.39. The van der Waals surface area contributed by atoms with Gasteiger partial charge in [-0.15, -0.1) is 0 Å². The highest BCUT2D eigenvalue weighted by Crippen LogP contribution is 2.46. The van der Waals surface area contributed by atoms with Crippen molar-refractivity contribution in [2.75, 3.05) is 12.0 Å². The number of hydrogen-bond donors (Lipinski definition) is 0. The summed E-state index contributed by atoms with van der Waals surface area (Å²) in [6, 6.07) is 8.66. The van der Waals surface area contributed by atoms with Crippen molar-refractivity contribution in [3.63, 3.8) is 0 Å². The van der Waals surface area contributed by atoms with Gasteiger partial charge in [0.05, 0.1) is 31.0 Å². The van der Waals surface area contributed by atoms with Gasteiger partial charge < -0.3 is 9.30 Å². The van der Waals surface area contributed by atoms with Crippen LogP contribution in [0.2, 0.25) is 0 Å². The molecule has 1 amide bonds. The number of benzene rings is 1. The molecule has 1 fully saturated rings. The van der Waals surface area contributed by atoms with Crippen molar-refractivity contribution in [1.29, 1.82) is 0 Å². The van der Waals surface area contributed by atoms with Crippen LogP contribution in [-0.2, 0) is 24.1 Å². The smallest absolute Gasteiger partial charge is 0.434 e. The Hall–Kier alpha value is -4.22.